The minimum atomic E-state index is -0.0302. The summed E-state index contributed by atoms with van der Waals surface area (Å²) in [7, 11) is 0. The lowest BCUT2D eigenvalue weighted by Crippen LogP contribution is -2.16. The van der Waals surface area contributed by atoms with Crippen molar-refractivity contribution in [3.8, 4) is 11.4 Å². The lowest BCUT2D eigenvalue weighted by Gasteiger charge is -2.14. The number of thioether (sulfide) groups is 1. The second-order valence-electron chi connectivity index (χ2n) is 7.01. The zero-order chi connectivity index (χ0) is 18.6. The van der Waals surface area contributed by atoms with E-state index in [-0.39, 0.29) is 5.25 Å². The fourth-order valence-corrected chi connectivity index (χ4v) is 4.61. The van der Waals surface area contributed by atoms with Crippen LogP contribution in [0.1, 0.15) is 43.4 Å². The van der Waals surface area contributed by atoms with E-state index in [0.29, 0.717) is 18.7 Å². The van der Waals surface area contributed by atoms with Crippen LogP contribution in [0.4, 0.5) is 0 Å². The summed E-state index contributed by atoms with van der Waals surface area (Å²) in [6.45, 7) is 2.61. The summed E-state index contributed by atoms with van der Waals surface area (Å²) in [5.74, 6) is 1.98. The fourth-order valence-electron chi connectivity index (χ4n) is 3.45. The molecular formula is C21H23N3O2S. The van der Waals surface area contributed by atoms with Crippen LogP contribution in [-0.4, -0.2) is 25.8 Å². The third kappa shape index (κ3) is 4.16. The molecule has 1 aromatic carbocycles. The highest BCUT2D eigenvalue weighted by atomic mass is 32.2. The Morgan fingerprint density at radius 2 is 2.11 bits per heavy atom. The van der Waals surface area contributed by atoms with E-state index >= 15 is 0 Å². The van der Waals surface area contributed by atoms with Crippen molar-refractivity contribution in [2.24, 2.45) is 0 Å². The van der Waals surface area contributed by atoms with Crippen LogP contribution in [0.2, 0.25) is 0 Å². The Morgan fingerprint density at radius 3 is 2.93 bits per heavy atom. The van der Waals surface area contributed by atoms with Gasteiger partial charge in [0.2, 0.25) is 0 Å². The molecule has 1 atom stereocenters. The molecule has 0 saturated heterocycles. The number of hydrogen-bond acceptors (Lipinski definition) is 5. The molecule has 0 amide bonds. The maximum Gasteiger partial charge on any atom is 0.192 e. The Balaban J connectivity index is 1.69. The van der Waals surface area contributed by atoms with Crippen LogP contribution in [0, 0.1) is 6.92 Å². The van der Waals surface area contributed by atoms with Crippen LogP contribution in [0.25, 0.3) is 11.4 Å². The Labute approximate surface area is 163 Å². The smallest absolute Gasteiger partial charge is 0.192 e. The Hall–Kier alpha value is -2.34. The van der Waals surface area contributed by atoms with Gasteiger partial charge in [0.25, 0.3) is 0 Å². The summed E-state index contributed by atoms with van der Waals surface area (Å²) < 4.78 is 7.62. The van der Waals surface area contributed by atoms with Crippen molar-refractivity contribution < 1.29 is 9.21 Å². The van der Waals surface area contributed by atoms with Gasteiger partial charge in [-0.3, -0.25) is 9.36 Å². The van der Waals surface area contributed by atoms with E-state index < -0.39 is 0 Å². The predicted octanol–water partition coefficient (Wildman–Crippen LogP) is 4.89. The van der Waals surface area contributed by atoms with E-state index in [1.165, 1.54) is 5.56 Å². The standard InChI is InChI=1S/C21H23N3O2S/c1-15-7-5-8-16(13-15)20-22-23-21(24(20)14-17-9-6-12-26-17)27-19-11-4-2-3-10-18(19)25/h5-9,12-13,19H,2-4,10-11,14H2,1H3. The molecule has 3 aromatic rings. The maximum absolute atomic E-state index is 12.5. The summed E-state index contributed by atoms with van der Waals surface area (Å²) in [6.07, 6.45) is 6.50. The molecule has 0 aliphatic heterocycles. The number of ketones is 1. The predicted molar refractivity (Wildman–Crippen MR) is 106 cm³/mol. The van der Waals surface area contributed by atoms with E-state index in [0.717, 1.165) is 48.0 Å². The SMILES string of the molecule is Cc1cccc(-c2nnc(SC3CCCCCC3=O)n2Cc2ccco2)c1. The van der Waals surface area contributed by atoms with Gasteiger partial charge in [-0.05, 0) is 38.0 Å². The molecule has 27 heavy (non-hydrogen) atoms. The van der Waals surface area contributed by atoms with Crippen LogP contribution in [0.15, 0.2) is 52.2 Å². The lowest BCUT2D eigenvalue weighted by atomic mass is 10.1. The molecule has 1 unspecified atom stereocenters. The van der Waals surface area contributed by atoms with Crippen LogP contribution in [0.3, 0.4) is 0 Å². The Morgan fingerprint density at radius 1 is 1.19 bits per heavy atom. The van der Waals surface area contributed by atoms with Crippen molar-refractivity contribution in [2.45, 2.75) is 56.0 Å². The quantitative estimate of drug-likeness (QED) is 0.589. The summed E-state index contributed by atoms with van der Waals surface area (Å²) >= 11 is 1.55. The Bertz CT molecular complexity index is 917. The number of nitrogens with zero attached hydrogens (tertiary/aromatic N) is 3. The normalized spacial score (nSPS) is 17.8. The summed E-state index contributed by atoms with van der Waals surface area (Å²) in [5, 5.41) is 9.66. The lowest BCUT2D eigenvalue weighted by molar-refractivity contribution is -0.118. The second kappa shape index (κ2) is 8.13. The fraction of sp³-hybridized carbons (Fsp3) is 0.381. The van der Waals surface area contributed by atoms with Gasteiger partial charge in [-0.2, -0.15) is 0 Å². The Kier molecular flexibility index (Phi) is 5.43. The van der Waals surface area contributed by atoms with Gasteiger partial charge in [-0.1, -0.05) is 48.4 Å². The molecule has 0 spiro atoms. The molecule has 4 rings (SSSR count). The zero-order valence-corrected chi connectivity index (χ0v) is 16.2. The highest BCUT2D eigenvalue weighted by Gasteiger charge is 2.25. The van der Waals surface area contributed by atoms with Gasteiger partial charge in [-0.15, -0.1) is 10.2 Å². The van der Waals surface area contributed by atoms with E-state index in [1.54, 1.807) is 18.0 Å². The largest absolute Gasteiger partial charge is 0.467 e. The van der Waals surface area contributed by atoms with Crippen molar-refractivity contribution in [3.63, 3.8) is 0 Å². The third-order valence-electron chi connectivity index (χ3n) is 4.88. The monoisotopic (exact) mass is 381 g/mol. The van der Waals surface area contributed by atoms with Crippen molar-refractivity contribution in [2.75, 3.05) is 0 Å². The average molecular weight is 382 g/mol. The molecule has 1 aliphatic carbocycles. The van der Waals surface area contributed by atoms with Crippen LogP contribution < -0.4 is 0 Å². The maximum atomic E-state index is 12.5. The number of carbonyl (C=O) groups is 1. The first kappa shape index (κ1) is 18.0. The first-order valence-corrected chi connectivity index (χ1v) is 10.3. The molecule has 2 aromatic heterocycles. The zero-order valence-electron chi connectivity index (χ0n) is 15.4. The molecule has 6 heteroatoms. The molecule has 0 radical (unpaired) electrons. The van der Waals surface area contributed by atoms with Gasteiger partial charge in [0.1, 0.15) is 11.5 Å². The van der Waals surface area contributed by atoms with Crippen molar-refractivity contribution in [1.29, 1.82) is 0 Å². The van der Waals surface area contributed by atoms with E-state index in [2.05, 4.69) is 33.8 Å². The van der Waals surface area contributed by atoms with E-state index in [1.807, 2.05) is 24.3 Å². The highest BCUT2D eigenvalue weighted by Crippen LogP contribution is 2.32. The first-order chi connectivity index (χ1) is 13.2. The van der Waals surface area contributed by atoms with E-state index in [9.17, 15) is 4.79 Å². The molecule has 1 aliphatic rings. The summed E-state index contributed by atoms with van der Waals surface area (Å²) in [6, 6.07) is 12.1. The highest BCUT2D eigenvalue weighted by molar-refractivity contribution is 8.00. The number of hydrogen-bond donors (Lipinski definition) is 0. The molecule has 0 bridgehead atoms. The number of rotatable bonds is 5. The first-order valence-electron chi connectivity index (χ1n) is 9.43. The number of aromatic nitrogens is 3. The van der Waals surface area contributed by atoms with Crippen molar-refractivity contribution in [3.05, 3.63) is 54.0 Å². The average Bonchev–Trinajstić information content (AvgIpc) is 3.26. The van der Waals surface area contributed by atoms with Gasteiger partial charge in [0.05, 0.1) is 18.1 Å². The molecule has 1 fully saturated rings. The van der Waals surface area contributed by atoms with Crippen LogP contribution in [-0.2, 0) is 11.3 Å². The topological polar surface area (TPSA) is 60.9 Å². The molecule has 0 N–H and O–H groups in total. The number of furan rings is 1. The minimum Gasteiger partial charge on any atom is -0.467 e. The number of carbonyl (C=O) groups excluding carboxylic acids is 1. The number of Topliss-reactive ketones (excluding diaryl/α,β-unsaturated/α-hetero) is 1. The van der Waals surface area contributed by atoms with Gasteiger partial charge < -0.3 is 4.42 Å². The van der Waals surface area contributed by atoms with E-state index in [4.69, 9.17) is 4.42 Å². The van der Waals surface area contributed by atoms with Gasteiger partial charge in [-0.25, -0.2) is 0 Å². The second-order valence-corrected chi connectivity index (χ2v) is 8.18. The molecule has 140 valence electrons. The van der Waals surface area contributed by atoms with Gasteiger partial charge >= 0.3 is 0 Å². The number of aryl methyl sites for hydroxylation is 1. The summed E-state index contributed by atoms with van der Waals surface area (Å²) in [5.41, 5.74) is 2.20. The number of benzene rings is 1. The molecular weight excluding hydrogens is 358 g/mol. The summed E-state index contributed by atoms with van der Waals surface area (Å²) in [4.78, 5) is 12.5. The third-order valence-corrected chi connectivity index (χ3v) is 6.18. The van der Waals surface area contributed by atoms with Crippen molar-refractivity contribution in [1.82, 2.24) is 14.8 Å². The van der Waals surface area contributed by atoms with Crippen molar-refractivity contribution >= 4 is 17.5 Å². The van der Waals surface area contributed by atoms with Crippen LogP contribution >= 0.6 is 11.8 Å². The van der Waals surface area contributed by atoms with Gasteiger partial charge in [0, 0.05) is 12.0 Å². The minimum absolute atomic E-state index is 0.0302. The van der Waals surface area contributed by atoms with Crippen LogP contribution in [0.5, 0.6) is 0 Å². The van der Waals surface area contributed by atoms with Gasteiger partial charge in [0.15, 0.2) is 11.0 Å². The molecule has 2 heterocycles. The molecule has 1 saturated carbocycles. The molecule has 5 nitrogen and oxygen atoms in total.